The predicted octanol–water partition coefficient (Wildman–Crippen LogP) is 2.01. The van der Waals surface area contributed by atoms with Crippen LogP contribution in [-0.4, -0.2) is 36.1 Å². The van der Waals surface area contributed by atoms with E-state index < -0.39 is 0 Å². The maximum atomic E-state index is 5.48. The third kappa shape index (κ3) is 4.84. The van der Waals surface area contributed by atoms with Crippen molar-refractivity contribution in [1.82, 2.24) is 15.2 Å². The van der Waals surface area contributed by atoms with E-state index in [1.807, 2.05) is 14.0 Å². The lowest BCUT2D eigenvalue weighted by Gasteiger charge is -2.31. The average Bonchev–Trinajstić information content (AvgIpc) is 2.64. The lowest BCUT2D eigenvalue weighted by atomic mass is 10.1. The summed E-state index contributed by atoms with van der Waals surface area (Å²) >= 11 is 0. The van der Waals surface area contributed by atoms with Gasteiger partial charge in [-0.25, -0.2) is 4.98 Å². The first-order valence-corrected chi connectivity index (χ1v) is 5.59. The van der Waals surface area contributed by atoms with Gasteiger partial charge in [-0.3, -0.25) is 4.90 Å². The van der Waals surface area contributed by atoms with E-state index in [0.29, 0.717) is 6.04 Å². The molecule has 1 aromatic rings. The molecule has 1 unspecified atom stereocenters. The summed E-state index contributed by atoms with van der Waals surface area (Å²) in [7, 11) is 2.03. The Morgan fingerprint density at radius 3 is 2.88 bits per heavy atom. The van der Waals surface area contributed by atoms with Crippen LogP contribution in [0.2, 0.25) is 0 Å². The molecule has 1 aromatic heterocycles. The van der Waals surface area contributed by atoms with Crippen LogP contribution in [0, 0.1) is 6.92 Å². The monoisotopic (exact) mass is 281 g/mol. The summed E-state index contributed by atoms with van der Waals surface area (Å²) in [6, 6.07) is 0.620. The highest BCUT2D eigenvalue weighted by Gasteiger charge is 2.19. The van der Waals surface area contributed by atoms with Crippen molar-refractivity contribution in [3.05, 3.63) is 17.8 Å². The number of piperidine rings is 1. The number of likely N-dealkylation sites (tertiary alicyclic amines) is 1. The second kappa shape index (κ2) is 7.93. The van der Waals surface area contributed by atoms with E-state index in [4.69, 9.17) is 4.42 Å². The maximum Gasteiger partial charge on any atom is 0.208 e. The fourth-order valence-corrected chi connectivity index (χ4v) is 2.10. The molecule has 1 saturated heterocycles. The first-order chi connectivity index (χ1) is 7.28. The second-order valence-electron chi connectivity index (χ2n) is 4.23. The number of hydrogen-bond donors (Lipinski definition) is 1. The Kier molecular flexibility index (Phi) is 7.79. The van der Waals surface area contributed by atoms with E-state index in [9.17, 15) is 0 Å². The molecule has 4 nitrogen and oxygen atoms in total. The first-order valence-electron chi connectivity index (χ1n) is 5.59. The number of nitrogens with zero attached hydrogens (tertiary/aromatic N) is 2. The summed E-state index contributed by atoms with van der Waals surface area (Å²) in [5, 5.41) is 3.33. The molecule has 2 heterocycles. The van der Waals surface area contributed by atoms with Gasteiger partial charge in [-0.1, -0.05) is 0 Å². The lowest BCUT2D eigenvalue weighted by molar-refractivity contribution is 0.172. The number of rotatable bonds is 3. The molecule has 1 aliphatic heterocycles. The van der Waals surface area contributed by atoms with E-state index in [0.717, 1.165) is 31.3 Å². The van der Waals surface area contributed by atoms with Crippen molar-refractivity contribution < 1.29 is 4.42 Å². The molecule has 0 amide bonds. The summed E-state index contributed by atoms with van der Waals surface area (Å²) in [5.41, 5.74) is 0. The minimum absolute atomic E-state index is 0. The smallest absolute Gasteiger partial charge is 0.208 e. The van der Waals surface area contributed by atoms with Crippen molar-refractivity contribution in [2.45, 2.75) is 32.4 Å². The minimum Gasteiger partial charge on any atom is -0.445 e. The Labute approximate surface area is 115 Å². The molecule has 0 aromatic carbocycles. The molecule has 1 N–H and O–H groups in total. The summed E-state index contributed by atoms with van der Waals surface area (Å²) in [5.74, 6) is 1.73. The van der Waals surface area contributed by atoms with Crippen molar-refractivity contribution >= 4 is 24.8 Å². The highest BCUT2D eigenvalue weighted by molar-refractivity contribution is 5.85. The van der Waals surface area contributed by atoms with Crippen LogP contribution < -0.4 is 5.32 Å². The van der Waals surface area contributed by atoms with Gasteiger partial charge in [0.05, 0.1) is 12.7 Å². The third-order valence-electron chi connectivity index (χ3n) is 2.94. The zero-order valence-corrected chi connectivity index (χ0v) is 11.9. The lowest BCUT2D eigenvalue weighted by Crippen LogP contribution is -2.43. The molecule has 17 heavy (non-hydrogen) atoms. The first kappa shape index (κ1) is 16.7. The molecule has 0 radical (unpaired) electrons. The Morgan fingerprint density at radius 1 is 1.53 bits per heavy atom. The van der Waals surface area contributed by atoms with Gasteiger partial charge in [-0.05, 0) is 33.4 Å². The molecule has 0 spiro atoms. The summed E-state index contributed by atoms with van der Waals surface area (Å²) in [4.78, 5) is 6.63. The Morgan fingerprint density at radius 2 is 2.29 bits per heavy atom. The summed E-state index contributed by atoms with van der Waals surface area (Å²) in [6.07, 6.45) is 4.32. The van der Waals surface area contributed by atoms with Crippen LogP contribution in [0.4, 0.5) is 0 Å². The van der Waals surface area contributed by atoms with Crippen LogP contribution >= 0.6 is 24.8 Å². The second-order valence-corrected chi connectivity index (χ2v) is 4.23. The number of aromatic nitrogens is 1. The van der Waals surface area contributed by atoms with Crippen LogP contribution in [0.15, 0.2) is 10.6 Å². The van der Waals surface area contributed by atoms with Crippen LogP contribution in [0.3, 0.4) is 0 Å². The molecular formula is C11H21Cl2N3O. The summed E-state index contributed by atoms with van der Waals surface area (Å²) in [6.45, 7) is 5.02. The molecular weight excluding hydrogens is 261 g/mol. The largest absolute Gasteiger partial charge is 0.445 e. The van der Waals surface area contributed by atoms with E-state index in [2.05, 4.69) is 15.2 Å². The number of halogens is 2. The predicted molar refractivity (Wildman–Crippen MR) is 73.1 cm³/mol. The standard InChI is InChI=1S/C11H19N3O.2ClH/c1-9-6-13-11(15-9)8-14-5-3-4-10(7-14)12-2;;/h6,10,12H,3-5,7-8H2,1-2H3;2*1H. The van der Waals surface area contributed by atoms with E-state index in [-0.39, 0.29) is 24.8 Å². The third-order valence-corrected chi connectivity index (χ3v) is 2.94. The molecule has 1 fully saturated rings. The van der Waals surface area contributed by atoms with E-state index in [1.54, 1.807) is 6.20 Å². The molecule has 1 atom stereocenters. The van der Waals surface area contributed by atoms with Crippen LogP contribution in [0.25, 0.3) is 0 Å². The van der Waals surface area contributed by atoms with E-state index in [1.165, 1.54) is 12.8 Å². The van der Waals surface area contributed by atoms with Crippen molar-refractivity contribution in [2.75, 3.05) is 20.1 Å². The van der Waals surface area contributed by atoms with Gasteiger partial charge in [0, 0.05) is 12.6 Å². The van der Waals surface area contributed by atoms with Crippen molar-refractivity contribution in [2.24, 2.45) is 0 Å². The van der Waals surface area contributed by atoms with Gasteiger partial charge in [0.2, 0.25) is 5.89 Å². The van der Waals surface area contributed by atoms with Gasteiger partial charge >= 0.3 is 0 Å². The number of aryl methyl sites for hydroxylation is 1. The topological polar surface area (TPSA) is 41.3 Å². The zero-order valence-electron chi connectivity index (χ0n) is 10.3. The van der Waals surface area contributed by atoms with Gasteiger partial charge in [0.1, 0.15) is 5.76 Å². The number of hydrogen-bond acceptors (Lipinski definition) is 4. The number of oxazole rings is 1. The van der Waals surface area contributed by atoms with Gasteiger partial charge < -0.3 is 9.73 Å². The molecule has 0 aliphatic carbocycles. The molecule has 100 valence electrons. The molecule has 6 heteroatoms. The fraction of sp³-hybridized carbons (Fsp3) is 0.727. The van der Waals surface area contributed by atoms with Crippen LogP contribution in [0.5, 0.6) is 0 Å². The highest BCUT2D eigenvalue weighted by atomic mass is 35.5. The molecule has 0 bridgehead atoms. The highest BCUT2D eigenvalue weighted by Crippen LogP contribution is 2.13. The normalized spacial score (nSPS) is 20.5. The number of nitrogens with one attached hydrogen (secondary N) is 1. The Balaban J connectivity index is 0.00000128. The fourth-order valence-electron chi connectivity index (χ4n) is 2.10. The molecule has 1 aliphatic rings. The maximum absolute atomic E-state index is 5.48. The summed E-state index contributed by atoms with van der Waals surface area (Å²) < 4.78 is 5.48. The Hall–Kier alpha value is -0.290. The minimum atomic E-state index is 0. The van der Waals surface area contributed by atoms with Gasteiger partial charge in [0.15, 0.2) is 0 Å². The van der Waals surface area contributed by atoms with Gasteiger partial charge in [-0.15, -0.1) is 24.8 Å². The van der Waals surface area contributed by atoms with Crippen molar-refractivity contribution in [3.63, 3.8) is 0 Å². The van der Waals surface area contributed by atoms with Crippen molar-refractivity contribution in [3.8, 4) is 0 Å². The average molecular weight is 282 g/mol. The Bertz CT molecular complexity index is 319. The van der Waals surface area contributed by atoms with Gasteiger partial charge in [-0.2, -0.15) is 0 Å². The molecule has 2 rings (SSSR count). The van der Waals surface area contributed by atoms with Gasteiger partial charge in [0.25, 0.3) is 0 Å². The van der Waals surface area contributed by atoms with Crippen LogP contribution in [-0.2, 0) is 6.54 Å². The molecule has 0 saturated carbocycles. The van der Waals surface area contributed by atoms with Crippen LogP contribution in [0.1, 0.15) is 24.5 Å². The SMILES string of the molecule is CNC1CCCN(Cc2ncc(C)o2)C1.Cl.Cl. The van der Waals surface area contributed by atoms with Crippen molar-refractivity contribution in [1.29, 1.82) is 0 Å². The number of likely N-dealkylation sites (N-methyl/N-ethyl adjacent to an activating group) is 1. The quantitative estimate of drug-likeness (QED) is 0.920. The van der Waals surface area contributed by atoms with E-state index >= 15 is 0 Å². The zero-order chi connectivity index (χ0) is 10.7.